The molecule has 1 saturated carbocycles. The molecule has 1 aromatic heterocycles. The van der Waals surface area contributed by atoms with Gasteiger partial charge in [-0.05, 0) is 31.2 Å². The van der Waals surface area contributed by atoms with Gasteiger partial charge in [-0.15, -0.1) is 0 Å². The molecule has 18 heavy (non-hydrogen) atoms. The SMILES string of the molecule is CC(CN)N(C)c1ncc(C2CCCCC2)cn1. The first kappa shape index (κ1) is 13.3. The Hall–Kier alpha value is -1.16. The van der Waals surface area contributed by atoms with E-state index in [0.29, 0.717) is 12.5 Å². The Morgan fingerprint density at radius 2 is 1.89 bits per heavy atom. The van der Waals surface area contributed by atoms with Gasteiger partial charge in [-0.2, -0.15) is 0 Å². The fraction of sp³-hybridized carbons (Fsp3) is 0.714. The molecule has 100 valence electrons. The normalized spacial score (nSPS) is 18.6. The molecule has 0 radical (unpaired) electrons. The molecule has 1 atom stereocenters. The van der Waals surface area contributed by atoms with E-state index >= 15 is 0 Å². The lowest BCUT2D eigenvalue weighted by molar-refractivity contribution is 0.442. The first-order valence-corrected chi connectivity index (χ1v) is 6.97. The molecular weight excluding hydrogens is 224 g/mol. The Kier molecular flexibility index (Phi) is 4.53. The fourth-order valence-electron chi connectivity index (χ4n) is 2.52. The number of likely N-dealkylation sites (N-methyl/N-ethyl adjacent to an activating group) is 1. The monoisotopic (exact) mass is 248 g/mol. The van der Waals surface area contributed by atoms with E-state index in [4.69, 9.17) is 5.73 Å². The van der Waals surface area contributed by atoms with Crippen LogP contribution in [0.25, 0.3) is 0 Å². The van der Waals surface area contributed by atoms with Crippen LogP contribution in [-0.4, -0.2) is 29.6 Å². The van der Waals surface area contributed by atoms with E-state index in [1.807, 2.05) is 24.3 Å². The second kappa shape index (κ2) is 6.14. The highest BCUT2D eigenvalue weighted by molar-refractivity contribution is 5.30. The molecule has 0 saturated heterocycles. The van der Waals surface area contributed by atoms with Crippen LogP contribution < -0.4 is 10.6 Å². The molecule has 1 fully saturated rings. The zero-order valence-electron chi connectivity index (χ0n) is 11.5. The molecule has 1 aliphatic rings. The van der Waals surface area contributed by atoms with Crippen LogP contribution in [0.15, 0.2) is 12.4 Å². The van der Waals surface area contributed by atoms with Gasteiger partial charge < -0.3 is 10.6 Å². The third-order valence-electron chi connectivity index (χ3n) is 4.05. The maximum absolute atomic E-state index is 5.66. The van der Waals surface area contributed by atoms with Crippen LogP contribution in [0.2, 0.25) is 0 Å². The average Bonchev–Trinajstić information content (AvgIpc) is 2.47. The van der Waals surface area contributed by atoms with Gasteiger partial charge in [0, 0.05) is 32.0 Å². The highest BCUT2D eigenvalue weighted by Crippen LogP contribution is 2.32. The second-order valence-electron chi connectivity index (χ2n) is 5.35. The van der Waals surface area contributed by atoms with Crippen LogP contribution >= 0.6 is 0 Å². The molecule has 2 rings (SSSR count). The van der Waals surface area contributed by atoms with Gasteiger partial charge in [-0.25, -0.2) is 9.97 Å². The molecule has 0 spiro atoms. The van der Waals surface area contributed by atoms with Crippen molar-refractivity contribution in [3.8, 4) is 0 Å². The van der Waals surface area contributed by atoms with E-state index in [1.54, 1.807) is 0 Å². The van der Waals surface area contributed by atoms with Crippen molar-refractivity contribution in [2.24, 2.45) is 5.73 Å². The molecule has 1 unspecified atom stereocenters. The molecule has 1 aromatic rings. The standard InChI is InChI=1S/C14H24N4/c1-11(8-15)18(2)14-16-9-13(10-17-14)12-6-4-3-5-7-12/h9-12H,3-8,15H2,1-2H3. The molecule has 0 amide bonds. The maximum atomic E-state index is 5.66. The predicted molar refractivity (Wildman–Crippen MR) is 74.8 cm³/mol. The van der Waals surface area contributed by atoms with Gasteiger partial charge in [0.1, 0.15) is 0 Å². The minimum atomic E-state index is 0.269. The summed E-state index contributed by atoms with van der Waals surface area (Å²) in [6.07, 6.45) is 10.6. The Morgan fingerprint density at radius 1 is 1.28 bits per heavy atom. The zero-order chi connectivity index (χ0) is 13.0. The van der Waals surface area contributed by atoms with Crippen molar-refractivity contribution in [2.45, 2.75) is 51.0 Å². The van der Waals surface area contributed by atoms with Gasteiger partial charge in [0.05, 0.1) is 0 Å². The summed E-state index contributed by atoms with van der Waals surface area (Å²) < 4.78 is 0. The predicted octanol–water partition coefficient (Wildman–Crippen LogP) is 2.31. The number of anilines is 1. The maximum Gasteiger partial charge on any atom is 0.225 e. The highest BCUT2D eigenvalue weighted by Gasteiger charge is 2.17. The number of rotatable bonds is 4. The quantitative estimate of drug-likeness (QED) is 0.888. The average molecular weight is 248 g/mol. The molecule has 0 bridgehead atoms. The van der Waals surface area contributed by atoms with E-state index < -0.39 is 0 Å². The molecule has 4 heteroatoms. The van der Waals surface area contributed by atoms with Crippen molar-refractivity contribution >= 4 is 5.95 Å². The van der Waals surface area contributed by atoms with Gasteiger partial charge in [0.25, 0.3) is 0 Å². The van der Waals surface area contributed by atoms with E-state index in [9.17, 15) is 0 Å². The van der Waals surface area contributed by atoms with Crippen molar-refractivity contribution in [1.82, 2.24) is 9.97 Å². The molecule has 4 nitrogen and oxygen atoms in total. The van der Waals surface area contributed by atoms with Crippen LogP contribution in [0, 0.1) is 0 Å². The van der Waals surface area contributed by atoms with Crippen molar-refractivity contribution in [2.75, 3.05) is 18.5 Å². The highest BCUT2D eigenvalue weighted by atomic mass is 15.2. The second-order valence-corrected chi connectivity index (χ2v) is 5.35. The van der Waals surface area contributed by atoms with Gasteiger partial charge >= 0.3 is 0 Å². The van der Waals surface area contributed by atoms with Crippen LogP contribution in [0.1, 0.15) is 50.5 Å². The Labute approximate surface area is 110 Å². The molecule has 0 aliphatic heterocycles. The fourth-order valence-corrected chi connectivity index (χ4v) is 2.52. The molecule has 1 heterocycles. The summed E-state index contributed by atoms with van der Waals surface area (Å²) in [6, 6.07) is 0.269. The third kappa shape index (κ3) is 2.99. The van der Waals surface area contributed by atoms with Gasteiger partial charge in [0.2, 0.25) is 5.95 Å². The van der Waals surface area contributed by atoms with Gasteiger partial charge in [0.15, 0.2) is 0 Å². The van der Waals surface area contributed by atoms with Gasteiger partial charge in [-0.1, -0.05) is 19.3 Å². The largest absolute Gasteiger partial charge is 0.340 e. The van der Waals surface area contributed by atoms with E-state index in [0.717, 1.165) is 5.95 Å². The Balaban J connectivity index is 2.04. The van der Waals surface area contributed by atoms with Crippen molar-refractivity contribution in [3.63, 3.8) is 0 Å². The lowest BCUT2D eigenvalue weighted by atomic mass is 9.85. The summed E-state index contributed by atoms with van der Waals surface area (Å²) in [5.41, 5.74) is 6.96. The number of hydrogen-bond acceptors (Lipinski definition) is 4. The molecular formula is C14H24N4. The van der Waals surface area contributed by atoms with Crippen molar-refractivity contribution < 1.29 is 0 Å². The zero-order valence-corrected chi connectivity index (χ0v) is 11.5. The van der Waals surface area contributed by atoms with E-state index in [1.165, 1.54) is 37.7 Å². The van der Waals surface area contributed by atoms with Crippen LogP contribution in [0.3, 0.4) is 0 Å². The van der Waals surface area contributed by atoms with Gasteiger partial charge in [-0.3, -0.25) is 0 Å². The molecule has 2 N–H and O–H groups in total. The van der Waals surface area contributed by atoms with Crippen LogP contribution in [0.4, 0.5) is 5.95 Å². The summed E-state index contributed by atoms with van der Waals surface area (Å²) in [5.74, 6) is 1.44. The molecule has 0 aromatic carbocycles. The lowest BCUT2D eigenvalue weighted by Gasteiger charge is -2.25. The summed E-state index contributed by atoms with van der Waals surface area (Å²) in [7, 11) is 1.99. The van der Waals surface area contributed by atoms with E-state index in [2.05, 4.69) is 16.9 Å². The topological polar surface area (TPSA) is 55.0 Å². The molecule has 1 aliphatic carbocycles. The number of nitrogens with two attached hydrogens (primary N) is 1. The van der Waals surface area contributed by atoms with E-state index in [-0.39, 0.29) is 6.04 Å². The van der Waals surface area contributed by atoms with Crippen LogP contribution in [0.5, 0.6) is 0 Å². The number of hydrogen-bond donors (Lipinski definition) is 1. The summed E-state index contributed by atoms with van der Waals surface area (Å²) >= 11 is 0. The Bertz CT molecular complexity index is 336. The first-order valence-electron chi connectivity index (χ1n) is 6.97. The minimum Gasteiger partial charge on any atom is -0.340 e. The van der Waals surface area contributed by atoms with Crippen molar-refractivity contribution in [1.29, 1.82) is 0 Å². The summed E-state index contributed by atoms with van der Waals surface area (Å²) in [5, 5.41) is 0. The summed E-state index contributed by atoms with van der Waals surface area (Å²) in [4.78, 5) is 11.0. The Morgan fingerprint density at radius 3 is 2.44 bits per heavy atom. The first-order chi connectivity index (χ1) is 8.72. The van der Waals surface area contributed by atoms with Crippen molar-refractivity contribution in [3.05, 3.63) is 18.0 Å². The smallest absolute Gasteiger partial charge is 0.225 e. The number of aromatic nitrogens is 2. The van der Waals surface area contributed by atoms with Crippen LogP contribution in [-0.2, 0) is 0 Å². The minimum absolute atomic E-state index is 0.269. The summed E-state index contributed by atoms with van der Waals surface area (Å²) in [6.45, 7) is 2.70. The number of nitrogens with zero attached hydrogens (tertiary/aromatic N) is 3. The third-order valence-corrected chi connectivity index (χ3v) is 4.05. The lowest BCUT2D eigenvalue weighted by Crippen LogP contribution is -2.36.